The molecule has 2 rings (SSSR count). The summed E-state index contributed by atoms with van der Waals surface area (Å²) in [4.78, 5) is 42.7. The van der Waals surface area contributed by atoms with Gasteiger partial charge in [0.15, 0.2) is 5.78 Å². The van der Waals surface area contributed by atoms with Gasteiger partial charge >= 0.3 is 5.97 Å². The summed E-state index contributed by atoms with van der Waals surface area (Å²) in [6.45, 7) is 10.3. The number of amides is 1. The summed E-state index contributed by atoms with van der Waals surface area (Å²) < 4.78 is 10.5. The number of aromatic amines is 1. The van der Waals surface area contributed by atoms with Crippen LogP contribution in [0.15, 0.2) is 0 Å². The lowest BCUT2D eigenvalue weighted by Gasteiger charge is -2.31. The Balaban J connectivity index is 2.30. The molecule has 0 aromatic carbocycles. The predicted molar refractivity (Wildman–Crippen MR) is 106 cm³/mol. The Morgan fingerprint density at radius 2 is 1.93 bits per heavy atom. The molecule has 0 unspecified atom stereocenters. The van der Waals surface area contributed by atoms with Gasteiger partial charge in [-0.3, -0.25) is 9.59 Å². The lowest BCUT2D eigenvalue weighted by atomic mass is 9.98. The van der Waals surface area contributed by atoms with Crippen LogP contribution in [0.25, 0.3) is 0 Å². The normalized spacial score (nSPS) is 17.6. The molecule has 156 valence electrons. The predicted octanol–water partition coefficient (Wildman–Crippen LogP) is 3.04. The van der Waals surface area contributed by atoms with Crippen molar-refractivity contribution in [2.75, 3.05) is 20.3 Å². The van der Waals surface area contributed by atoms with E-state index in [2.05, 4.69) is 4.98 Å². The summed E-state index contributed by atoms with van der Waals surface area (Å²) in [7, 11) is 1.30. The third kappa shape index (κ3) is 4.82. The highest BCUT2D eigenvalue weighted by molar-refractivity contribution is 6.06. The molecule has 0 saturated carbocycles. The van der Waals surface area contributed by atoms with E-state index in [0.717, 1.165) is 12.8 Å². The molecular formula is C21H32N2O5. The Labute approximate surface area is 166 Å². The summed E-state index contributed by atoms with van der Waals surface area (Å²) in [6, 6.07) is -0.644. The van der Waals surface area contributed by atoms with Gasteiger partial charge in [-0.15, -0.1) is 0 Å². The molecule has 2 heterocycles. The first kappa shape index (κ1) is 22.1. The standard InChI is InChI=1S/C21H32N2O5/c1-12(2)10-17(24)23(11-16-8-7-9-28-16)15(5)20(25)18-13(3)19(21(26)27-6)22-14(18)4/h12,15-16,22H,7-11H2,1-6H3/t15-,16-/m0/s1. The Morgan fingerprint density at radius 1 is 1.25 bits per heavy atom. The number of aryl methyl sites for hydroxylation is 1. The third-order valence-corrected chi connectivity index (χ3v) is 5.25. The maximum atomic E-state index is 13.3. The maximum Gasteiger partial charge on any atom is 0.354 e. The highest BCUT2D eigenvalue weighted by Crippen LogP contribution is 2.24. The van der Waals surface area contributed by atoms with Gasteiger partial charge in [-0.2, -0.15) is 0 Å². The molecule has 28 heavy (non-hydrogen) atoms. The van der Waals surface area contributed by atoms with E-state index in [1.165, 1.54) is 7.11 Å². The van der Waals surface area contributed by atoms with E-state index in [-0.39, 0.29) is 29.4 Å². The molecule has 2 atom stereocenters. The van der Waals surface area contributed by atoms with Crippen LogP contribution in [-0.2, 0) is 14.3 Å². The fourth-order valence-corrected chi connectivity index (χ4v) is 3.73. The smallest absolute Gasteiger partial charge is 0.354 e. The molecule has 1 aliphatic heterocycles. The van der Waals surface area contributed by atoms with Crippen LogP contribution in [0.2, 0.25) is 0 Å². The molecule has 1 amide bonds. The Hall–Kier alpha value is -2.15. The van der Waals surface area contributed by atoms with Crippen molar-refractivity contribution in [2.45, 2.75) is 66.0 Å². The zero-order valence-corrected chi connectivity index (χ0v) is 17.8. The molecule has 1 N–H and O–H groups in total. The van der Waals surface area contributed by atoms with Gasteiger partial charge in [-0.05, 0) is 45.1 Å². The van der Waals surface area contributed by atoms with Gasteiger partial charge in [0.1, 0.15) is 5.69 Å². The first-order chi connectivity index (χ1) is 13.2. The van der Waals surface area contributed by atoms with Gasteiger partial charge in [0.2, 0.25) is 5.91 Å². The van der Waals surface area contributed by atoms with Crippen molar-refractivity contribution in [3.63, 3.8) is 0 Å². The molecule has 7 heteroatoms. The van der Waals surface area contributed by atoms with Crippen molar-refractivity contribution in [3.05, 3.63) is 22.5 Å². The van der Waals surface area contributed by atoms with Crippen molar-refractivity contribution in [3.8, 4) is 0 Å². The molecule has 1 fully saturated rings. The SMILES string of the molecule is COC(=O)c1[nH]c(C)c(C(=O)[C@H](C)N(C[C@@H]2CCCO2)C(=O)CC(C)C)c1C. The lowest BCUT2D eigenvalue weighted by molar-refractivity contribution is -0.134. The molecule has 1 aliphatic rings. The number of carbonyl (C=O) groups excluding carboxylic acids is 3. The van der Waals surface area contributed by atoms with Gasteiger partial charge in [0, 0.05) is 30.8 Å². The molecule has 0 spiro atoms. The largest absolute Gasteiger partial charge is 0.464 e. The van der Waals surface area contributed by atoms with E-state index in [4.69, 9.17) is 9.47 Å². The first-order valence-electron chi connectivity index (χ1n) is 9.90. The molecular weight excluding hydrogens is 360 g/mol. The van der Waals surface area contributed by atoms with Crippen LogP contribution < -0.4 is 0 Å². The maximum absolute atomic E-state index is 13.3. The molecule has 0 aliphatic carbocycles. The summed E-state index contributed by atoms with van der Waals surface area (Å²) in [5.74, 6) is -0.551. The summed E-state index contributed by atoms with van der Waals surface area (Å²) >= 11 is 0. The third-order valence-electron chi connectivity index (χ3n) is 5.25. The van der Waals surface area contributed by atoms with Crippen molar-refractivity contribution < 1.29 is 23.9 Å². The van der Waals surface area contributed by atoms with Crippen molar-refractivity contribution in [1.82, 2.24) is 9.88 Å². The highest BCUT2D eigenvalue weighted by Gasteiger charge is 2.33. The van der Waals surface area contributed by atoms with E-state index in [0.29, 0.717) is 36.4 Å². The highest BCUT2D eigenvalue weighted by atomic mass is 16.5. The Bertz CT molecular complexity index is 731. The number of carbonyl (C=O) groups is 3. The Kier molecular flexibility index (Phi) is 7.41. The minimum Gasteiger partial charge on any atom is -0.464 e. The second-order valence-corrected chi connectivity index (χ2v) is 7.94. The average Bonchev–Trinajstić information content (AvgIpc) is 3.25. The van der Waals surface area contributed by atoms with Crippen LogP contribution in [0.3, 0.4) is 0 Å². The van der Waals surface area contributed by atoms with Crippen molar-refractivity contribution in [2.24, 2.45) is 5.92 Å². The first-order valence-corrected chi connectivity index (χ1v) is 9.90. The second kappa shape index (κ2) is 9.37. The number of aromatic nitrogens is 1. The van der Waals surface area contributed by atoms with Crippen LogP contribution in [0.1, 0.15) is 72.1 Å². The van der Waals surface area contributed by atoms with Gasteiger partial charge < -0.3 is 19.4 Å². The zero-order chi connectivity index (χ0) is 21.0. The molecule has 7 nitrogen and oxygen atoms in total. The van der Waals surface area contributed by atoms with Crippen LogP contribution in [0, 0.1) is 19.8 Å². The number of nitrogens with one attached hydrogen (secondary N) is 1. The van der Waals surface area contributed by atoms with Gasteiger partial charge in [0.25, 0.3) is 0 Å². The number of esters is 1. The molecule has 1 aromatic rings. The van der Waals surface area contributed by atoms with Crippen LogP contribution in [-0.4, -0.2) is 60.0 Å². The number of H-pyrrole nitrogens is 1. The minimum absolute atomic E-state index is 0.0367. The van der Waals surface area contributed by atoms with Gasteiger partial charge in [-0.1, -0.05) is 13.8 Å². The minimum atomic E-state index is -0.644. The number of ether oxygens (including phenoxy) is 2. The zero-order valence-electron chi connectivity index (χ0n) is 17.8. The molecule has 0 radical (unpaired) electrons. The van der Waals surface area contributed by atoms with E-state index < -0.39 is 12.0 Å². The van der Waals surface area contributed by atoms with E-state index in [9.17, 15) is 14.4 Å². The number of rotatable bonds is 8. The fourth-order valence-electron chi connectivity index (χ4n) is 3.73. The van der Waals surface area contributed by atoms with Gasteiger partial charge in [-0.25, -0.2) is 4.79 Å². The van der Waals surface area contributed by atoms with Gasteiger partial charge in [0.05, 0.1) is 19.3 Å². The average molecular weight is 392 g/mol. The molecule has 1 aromatic heterocycles. The summed E-state index contributed by atoms with van der Waals surface area (Å²) in [5.41, 5.74) is 1.87. The number of nitrogens with zero attached hydrogens (tertiary/aromatic N) is 1. The number of methoxy groups -OCH3 is 1. The van der Waals surface area contributed by atoms with E-state index >= 15 is 0 Å². The van der Waals surface area contributed by atoms with Crippen molar-refractivity contribution >= 4 is 17.7 Å². The molecule has 0 bridgehead atoms. The topological polar surface area (TPSA) is 88.7 Å². The fraction of sp³-hybridized carbons (Fsp3) is 0.667. The number of ketones is 1. The number of Topliss-reactive ketones (excluding diaryl/α,β-unsaturated/α-hetero) is 1. The summed E-state index contributed by atoms with van der Waals surface area (Å²) in [5, 5.41) is 0. The monoisotopic (exact) mass is 392 g/mol. The van der Waals surface area contributed by atoms with Crippen LogP contribution >= 0.6 is 0 Å². The second-order valence-electron chi connectivity index (χ2n) is 7.94. The lowest BCUT2D eigenvalue weighted by Crippen LogP contribution is -2.47. The quantitative estimate of drug-likeness (QED) is 0.543. The summed E-state index contributed by atoms with van der Waals surface area (Å²) in [6.07, 6.45) is 2.20. The number of hydrogen-bond donors (Lipinski definition) is 1. The number of hydrogen-bond acceptors (Lipinski definition) is 5. The van der Waals surface area contributed by atoms with Crippen molar-refractivity contribution in [1.29, 1.82) is 0 Å². The molecule has 1 saturated heterocycles. The Morgan fingerprint density at radius 3 is 2.46 bits per heavy atom. The van der Waals surface area contributed by atoms with E-state index in [1.54, 1.807) is 25.7 Å². The van der Waals surface area contributed by atoms with Crippen LogP contribution in [0.5, 0.6) is 0 Å². The van der Waals surface area contributed by atoms with Crippen LogP contribution in [0.4, 0.5) is 0 Å². The van der Waals surface area contributed by atoms with E-state index in [1.807, 2.05) is 13.8 Å².